The molecule has 0 spiro atoms. The summed E-state index contributed by atoms with van der Waals surface area (Å²) >= 11 is 0. The summed E-state index contributed by atoms with van der Waals surface area (Å²) in [7, 11) is 0. The minimum absolute atomic E-state index is 0.302. The molecule has 41 heavy (non-hydrogen) atoms. The van der Waals surface area contributed by atoms with Crippen molar-refractivity contribution in [1.29, 1.82) is 0 Å². The van der Waals surface area contributed by atoms with Crippen LogP contribution in [0.5, 0.6) is 0 Å². The minimum atomic E-state index is -1.88. The van der Waals surface area contributed by atoms with E-state index < -0.39 is 118 Å². The second-order valence-corrected chi connectivity index (χ2v) is 10.9. The molecule has 17 heteroatoms. The molecule has 0 amide bonds. The monoisotopic (exact) mass is 602 g/mol. The molecule has 0 saturated carbocycles. The molecular weight excluding hydrogens is 560 g/mol. The molecule has 18 atom stereocenters. The van der Waals surface area contributed by atoms with Gasteiger partial charge in [0, 0.05) is 0 Å². The lowest BCUT2D eigenvalue weighted by molar-refractivity contribution is -0.399. The van der Waals surface area contributed by atoms with Gasteiger partial charge in [-0.1, -0.05) is 0 Å². The molecule has 0 aromatic heterocycles. The van der Waals surface area contributed by atoms with E-state index in [1.165, 1.54) is 6.92 Å². The van der Waals surface area contributed by atoms with Crippen LogP contribution in [-0.2, 0) is 33.2 Å². The van der Waals surface area contributed by atoms with Gasteiger partial charge < -0.3 is 84.2 Å². The van der Waals surface area contributed by atoms with Crippen LogP contribution >= 0.6 is 0 Å². The standard InChI is InChI=1S/C24H42O17/c1-7-3-4-9(27)22(35-7)40-19-13(29)11(6-26)38-24(39-18-8(2)36-21(34)16(32)15(18)31)20(19)41-23-17(33)14(30)12(28)10(5-25)37-23/h7-34H,3-6H2,1-2H3/t7-,8+,9-,10-,11-,12+,13-,14+,15+,16-,17-,18+,19+,20+,21-,22-,23+,24-/m1/s1. The van der Waals surface area contributed by atoms with Crippen LogP contribution in [0.3, 0.4) is 0 Å². The summed E-state index contributed by atoms with van der Waals surface area (Å²) in [5, 5.41) is 103. The molecule has 240 valence electrons. The van der Waals surface area contributed by atoms with Gasteiger partial charge in [-0.2, -0.15) is 0 Å². The Morgan fingerprint density at radius 1 is 0.537 bits per heavy atom. The summed E-state index contributed by atoms with van der Waals surface area (Å²) in [6.45, 7) is 1.67. The zero-order valence-corrected chi connectivity index (χ0v) is 22.6. The lowest BCUT2D eigenvalue weighted by Crippen LogP contribution is -2.67. The first-order valence-electron chi connectivity index (χ1n) is 13.6. The van der Waals surface area contributed by atoms with E-state index in [4.69, 9.17) is 33.2 Å². The highest BCUT2D eigenvalue weighted by molar-refractivity contribution is 4.97. The molecule has 4 saturated heterocycles. The van der Waals surface area contributed by atoms with Crippen molar-refractivity contribution >= 4 is 0 Å². The SMILES string of the molecule is C[C@@H]1CC[C@@H](O)[C@@H](O[C@H]2[C@H](O)[C@@H](CO)O[C@H](O[C@@H]3[C@@H](O)[C@@H](O)[C@H](O)O[C@H]3C)[C@H]2O[C@@H]2O[C@H](CO)[C@H](O)[C@H](O)[C@H]2O)O1. The summed E-state index contributed by atoms with van der Waals surface area (Å²) in [5.41, 5.74) is 0. The maximum atomic E-state index is 11.1. The van der Waals surface area contributed by atoms with Crippen LogP contribution < -0.4 is 0 Å². The van der Waals surface area contributed by atoms with Crippen molar-refractivity contribution in [2.24, 2.45) is 0 Å². The van der Waals surface area contributed by atoms with Crippen molar-refractivity contribution in [3.63, 3.8) is 0 Å². The molecule has 4 aliphatic rings. The number of hydrogen-bond donors (Lipinski definition) is 10. The van der Waals surface area contributed by atoms with Gasteiger partial charge >= 0.3 is 0 Å². The van der Waals surface area contributed by atoms with E-state index in [9.17, 15) is 51.1 Å². The molecule has 0 bridgehead atoms. The molecule has 0 aliphatic carbocycles. The van der Waals surface area contributed by atoms with Gasteiger partial charge in [-0.15, -0.1) is 0 Å². The first kappa shape index (κ1) is 33.2. The highest BCUT2D eigenvalue weighted by Crippen LogP contribution is 2.35. The van der Waals surface area contributed by atoms with Gasteiger partial charge in [-0.3, -0.25) is 0 Å². The molecule has 0 unspecified atom stereocenters. The Morgan fingerprint density at radius 3 is 1.78 bits per heavy atom. The van der Waals surface area contributed by atoms with E-state index >= 15 is 0 Å². The van der Waals surface area contributed by atoms with E-state index in [1.807, 2.05) is 0 Å². The molecule has 4 aliphatic heterocycles. The van der Waals surface area contributed by atoms with E-state index in [1.54, 1.807) is 6.92 Å². The summed E-state index contributed by atoms with van der Waals surface area (Å²) in [5.74, 6) is 0. The van der Waals surface area contributed by atoms with Crippen molar-refractivity contribution in [2.75, 3.05) is 13.2 Å². The predicted molar refractivity (Wildman–Crippen MR) is 128 cm³/mol. The average Bonchev–Trinajstić information content (AvgIpc) is 2.94. The maximum absolute atomic E-state index is 11.1. The van der Waals surface area contributed by atoms with E-state index in [2.05, 4.69) is 0 Å². The Labute approximate surface area is 235 Å². The Balaban J connectivity index is 1.66. The van der Waals surface area contributed by atoms with Gasteiger partial charge in [0.1, 0.15) is 73.2 Å². The summed E-state index contributed by atoms with van der Waals surface area (Å²) in [4.78, 5) is 0. The van der Waals surface area contributed by atoms with Gasteiger partial charge in [-0.25, -0.2) is 0 Å². The fraction of sp³-hybridized carbons (Fsp3) is 1.00. The average molecular weight is 603 g/mol. The fourth-order valence-electron chi connectivity index (χ4n) is 5.36. The summed E-state index contributed by atoms with van der Waals surface area (Å²) in [6, 6.07) is 0. The first-order chi connectivity index (χ1) is 19.4. The highest BCUT2D eigenvalue weighted by Gasteiger charge is 2.55. The second-order valence-electron chi connectivity index (χ2n) is 10.9. The zero-order chi connectivity index (χ0) is 30.2. The fourth-order valence-corrected chi connectivity index (χ4v) is 5.36. The zero-order valence-electron chi connectivity index (χ0n) is 22.6. The van der Waals surface area contributed by atoms with Gasteiger partial charge in [0.25, 0.3) is 0 Å². The number of aliphatic hydroxyl groups is 10. The number of ether oxygens (including phenoxy) is 7. The molecule has 4 heterocycles. The largest absolute Gasteiger partial charge is 0.394 e. The van der Waals surface area contributed by atoms with E-state index in [0.717, 1.165) is 0 Å². The van der Waals surface area contributed by atoms with Crippen LogP contribution in [0.2, 0.25) is 0 Å². The number of hydrogen-bond acceptors (Lipinski definition) is 17. The quantitative estimate of drug-likeness (QED) is 0.124. The number of rotatable bonds is 8. The van der Waals surface area contributed by atoms with Crippen LogP contribution in [0.1, 0.15) is 26.7 Å². The molecule has 4 fully saturated rings. The summed E-state index contributed by atoms with van der Waals surface area (Å²) < 4.78 is 39.9. The molecule has 4 rings (SSSR count). The van der Waals surface area contributed by atoms with Crippen LogP contribution in [-0.4, -0.2) is 175 Å². The van der Waals surface area contributed by atoms with Crippen molar-refractivity contribution in [1.82, 2.24) is 0 Å². The van der Waals surface area contributed by atoms with Crippen LogP contribution in [0.25, 0.3) is 0 Å². The smallest absolute Gasteiger partial charge is 0.187 e. The molecule has 0 aromatic carbocycles. The second kappa shape index (κ2) is 14.0. The Hall–Kier alpha value is -0.680. The maximum Gasteiger partial charge on any atom is 0.187 e. The Bertz CT molecular complexity index is 821. The first-order valence-corrected chi connectivity index (χ1v) is 13.6. The van der Waals surface area contributed by atoms with Crippen molar-refractivity contribution in [3.8, 4) is 0 Å². The van der Waals surface area contributed by atoms with Gasteiger partial charge in [0.2, 0.25) is 0 Å². The normalized spacial score (nSPS) is 53.3. The Morgan fingerprint density at radius 2 is 1.12 bits per heavy atom. The van der Waals surface area contributed by atoms with Crippen molar-refractivity contribution < 1.29 is 84.2 Å². The third kappa shape index (κ3) is 7.02. The van der Waals surface area contributed by atoms with Gasteiger partial charge in [-0.05, 0) is 26.7 Å². The van der Waals surface area contributed by atoms with Crippen LogP contribution in [0.4, 0.5) is 0 Å². The summed E-state index contributed by atoms with van der Waals surface area (Å²) in [6.07, 6.45) is -25.8. The molecule has 17 nitrogen and oxygen atoms in total. The molecule has 0 radical (unpaired) electrons. The third-order valence-electron chi connectivity index (χ3n) is 7.87. The lowest BCUT2D eigenvalue weighted by Gasteiger charge is -2.49. The van der Waals surface area contributed by atoms with E-state index in [-0.39, 0.29) is 6.10 Å². The molecular formula is C24H42O17. The van der Waals surface area contributed by atoms with Crippen LogP contribution in [0.15, 0.2) is 0 Å². The van der Waals surface area contributed by atoms with Gasteiger partial charge in [0.05, 0.1) is 25.4 Å². The minimum Gasteiger partial charge on any atom is -0.394 e. The van der Waals surface area contributed by atoms with E-state index in [0.29, 0.717) is 12.8 Å². The molecule has 10 N–H and O–H groups in total. The third-order valence-corrected chi connectivity index (χ3v) is 7.87. The Kier molecular flexibility index (Phi) is 11.3. The molecule has 0 aromatic rings. The van der Waals surface area contributed by atoms with Crippen molar-refractivity contribution in [2.45, 2.75) is 137 Å². The number of aliphatic hydroxyl groups excluding tert-OH is 10. The van der Waals surface area contributed by atoms with Gasteiger partial charge in [0.15, 0.2) is 25.2 Å². The topological polar surface area (TPSA) is 267 Å². The predicted octanol–water partition coefficient (Wildman–Crippen LogP) is -5.64. The highest BCUT2D eigenvalue weighted by atomic mass is 16.8. The lowest BCUT2D eigenvalue weighted by atomic mass is 9.96. The van der Waals surface area contributed by atoms with Crippen molar-refractivity contribution in [3.05, 3.63) is 0 Å². The van der Waals surface area contributed by atoms with Crippen LogP contribution in [0, 0.1) is 0 Å².